The number of hydrogen-bond acceptors (Lipinski definition) is 5. The zero-order valence-corrected chi connectivity index (χ0v) is 19.1. The van der Waals surface area contributed by atoms with E-state index in [0.717, 1.165) is 26.3 Å². The molecule has 33 heavy (non-hydrogen) atoms. The molecular weight excluding hydrogens is 449 g/mol. The lowest BCUT2D eigenvalue weighted by atomic mass is 10.0. The van der Waals surface area contributed by atoms with Gasteiger partial charge in [0, 0.05) is 60.4 Å². The molecule has 174 valence electrons. The molecular formula is C23H24FN3O5S. The zero-order chi connectivity index (χ0) is 24.0. The van der Waals surface area contributed by atoms with E-state index in [2.05, 4.69) is 17.2 Å². The van der Waals surface area contributed by atoms with Gasteiger partial charge in [-0.05, 0) is 31.5 Å². The summed E-state index contributed by atoms with van der Waals surface area (Å²) in [6.45, 7) is 2.98. The summed E-state index contributed by atoms with van der Waals surface area (Å²) in [6.07, 6.45) is 2.17. The third kappa shape index (κ3) is 4.26. The van der Waals surface area contributed by atoms with Crippen molar-refractivity contribution in [3.63, 3.8) is 0 Å². The minimum atomic E-state index is -3.88. The lowest BCUT2D eigenvalue weighted by Crippen LogP contribution is -2.45. The van der Waals surface area contributed by atoms with Crippen molar-refractivity contribution in [2.24, 2.45) is 5.92 Å². The van der Waals surface area contributed by atoms with Crippen LogP contribution in [0, 0.1) is 23.6 Å². The second-order valence-corrected chi connectivity index (χ2v) is 11.1. The molecule has 0 spiro atoms. The number of nitrogens with one attached hydrogen (secondary N) is 1. The van der Waals surface area contributed by atoms with E-state index in [-0.39, 0.29) is 19.5 Å². The fraction of sp³-hybridized carbons (Fsp3) is 0.391. The second-order valence-electron chi connectivity index (χ2n) is 8.67. The fourth-order valence-electron chi connectivity index (χ4n) is 3.75. The maximum atomic E-state index is 14.7. The maximum Gasteiger partial charge on any atom is 0.328 e. The van der Waals surface area contributed by atoms with Crippen LogP contribution < -0.4 is 5.32 Å². The number of carbonyl (C=O) groups is 2. The standard InChI is InChI=1S/C23H24FN3O5S/c1-23(21(28)29,33(2,31)32)7-8-26-14-18-10-17(13-27(18)22(26)30)19-6-5-15(9-20(19)24)3-4-16-11-25-12-16/h5-6,9-10,13,16,25H,7-8,11-12,14H2,1-2H3,(H,28,29)/t23-/m1/s1. The van der Waals surface area contributed by atoms with Crippen LogP contribution in [0.2, 0.25) is 0 Å². The molecule has 0 saturated carbocycles. The van der Waals surface area contributed by atoms with E-state index in [4.69, 9.17) is 0 Å². The number of nitrogens with zero attached hydrogens (tertiary/aromatic N) is 2. The quantitative estimate of drug-likeness (QED) is 0.621. The summed E-state index contributed by atoms with van der Waals surface area (Å²) in [5.41, 5.74) is 2.10. The van der Waals surface area contributed by atoms with E-state index >= 15 is 0 Å². The number of aliphatic carboxylic acids is 1. The number of fused-ring (bicyclic) bond motifs is 1. The van der Waals surface area contributed by atoms with Crippen molar-refractivity contribution in [3.05, 3.63) is 47.5 Å². The SMILES string of the molecule is C[C@@](CCN1Cc2cc(-c3ccc(C#CC4CNC4)cc3F)cn2C1=O)(C(=O)O)S(C)(=O)=O. The van der Waals surface area contributed by atoms with Gasteiger partial charge in [-0.2, -0.15) is 0 Å². The summed E-state index contributed by atoms with van der Waals surface area (Å²) < 4.78 is 38.1. The van der Waals surface area contributed by atoms with E-state index in [9.17, 15) is 27.5 Å². The molecule has 1 amide bonds. The Morgan fingerprint density at radius 3 is 2.61 bits per heavy atom. The highest BCUT2D eigenvalue weighted by molar-refractivity contribution is 7.92. The average molecular weight is 474 g/mol. The molecule has 1 aromatic heterocycles. The number of benzene rings is 1. The third-order valence-corrected chi connectivity index (χ3v) is 8.36. The molecule has 4 rings (SSSR count). The lowest BCUT2D eigenvalue weighted by molar-refractivity contribution is -0.139. The first kappa shape index (κ1) is 23.0. The van der Waals surface area contributed by atoms with Crippen LogP contribution in [0.4, 0.5) is 9.18 Å². The van der Waals surface area contributed by atoms with Gasteiger partial charge in [0.1, 0.15) is 5.82 Å². The summed E-state index contributed by atoms with van der Waals surface area (Å²) in [4.78, 5) is 25.7. The van der Waals surface area contributed by atoms with Crippen LogP contribution in [0.5, 0.6) is 0 Å². The number of sulfone groups is 1. The van der Waals surface area contributed by atoms with Gasteiger partial charge in [0.15, 0.2) is 14.6 Å². The van der Waals surface area contributed by atoms with Crippen LogP contribution in [-0.4, -0.2) is 65.6 Å². The Morgan fingerprint density at radius 2 is 2.06 bits per heavy atom. The molecule has 2 aliphatic heterocycles. The summed E-state index contributed by atoms with van der Waals surface area (Å²) in [5.74, 6) is 4.48. The van der Waals surface area contributed by atoms with Crippen molar-refractivity contribution in [1.82, 2.24) is 14.8 Å². The Labute approximate surface area is 191 Å². The predicted molar refractivity (Wildman–Crippen MR) is 120 cm³/mol. The summed E-state index contributed by atoms with van der Waals surface area (Å²) in [6, 6.07) is 6.05. The van der Waals surface area contributed by atoms with Crippen LogP contribution in [0.1, 0.15) is 24.6 Å². The van der Waals surface area contributed by atoms with Crippen LogP contribution >= 0.6 is 0 Å². The molecule has 0 aliphatic carbocycles. The normalized spacial score (nSPS) is 17.7. The molecule has 3 heterocycles. The van der Waals surface area contributed by atoms with Crippen molar-refractivity contribution in [2.75, 3.05) is 25.9 Å². The number of amides is 1. The van der Waals surface area contributed by atoms with Gasteiger partial charge in [0.2, 0.25) is 0 Å². The Balaban J connectivity index is 1.48. The largest absolute Gasteiger partial charge is 0.480 e. The van der Waals surface area contributed by atoms with Crippen LogP contribution in [-0.2, 0) is 21.2 Å². The molecule has 0 bridgehead atoms. The Kier molecular flexibility index (Phi) is 5.80. The smallest absolute Gasteiger partial charge is 0.328 e. The van der Waals surface area contributed by atoms with Gasteiger partial charge in [0.25, 0.3) is 0 Å². The zero-order valence-electron chi connectivity index (χ0n) is 18.3. The number of rotatable bonds is 6. The highest BCUT2D eigenvalue weighted by atomic mass is 32.2. The molecule has 0 radical (unpaired) electrons. The first-order valence-electron chi connectivity index (χ1n) is 10.5. The first-order chi connectivity index (χ1) is 15.5. The number of carboxylic acid groups (broad SMARTS) is 1. The van der Waals surface area contributed by atoms with Crippen molar-refractivity contribution >= 4 is 21.8 Å². The molecule has 0 unspecified atom stereocenters. The Morgan fingerprint density at radius 1 is 1.33 bits per heavy atom. The van der Waals surface area contributed by atoms with Gasteiger partial charge in [-0.25, -0.2) is 17.6 Å². The molecule has 8 nitrogen and oxygen atoms in total. The number of halogens is 1. The Hall–Kier alpha value is -3.16. The summed E-state index contributed by atoms with van der Waals surface area (Å²) >= 11 is 0. The molecule has 1 atom stereocenters. The van der Waals surface area contributed by atoms with Crippen molar-refractivity contribution in [1.29, 1.82) is 0 Å². The first-order valence-corrected chi connectivity index (χ1v) is 12.3. The van der Waals surface area contributed by atoms with E-state index < -0.39 is 32.4 Å². The molecule has 2 aliphatic rings. The molecule has 2 N–H and O–H groups in total. The molecule has 2 aromatic rings. The fourth-order valence-corrected chi connectivity index (χ4v) is 4.53. The van der Waals surface area contributed by atoms with Crippen molar-refractivity contribution < 1.29 is 27.5 Å². The number of aromatic nitrogens is 1. The third-order valence-electron chi connectivity index (χ3n) is 6.34. The average Bonchev–Trinajstić information content (AvgIpc) is 3.23. The van der Waals surface area contributed by atoms with Crippen LogP contribution in [0.15, 0.2) is 30.5 Å². The van der Waals surface area contributed by atoms with Crippen LogP contribution in [0.3, 0.4) is 0 Å². The van der Waals surface area contributed by atoms with Gasteiger partial charge in [-0.1, -0.05) is 17.9 Å². The van der Waals surface area contributed by atoms with Crippen molar-refractivity contribution in [3.8, 4) is 23.0 Å². The minimum Gasteiger partial charge on any atom is -0.480 e. The summed E-state index contributed by atoms with van der Waals surface area (Å²) in [7, 11) is -3.88. The Bertz CT molecular complexity index is 1300. The van der Waals surface area contributed by atoms with E-state index in [0.29, 0.717) is 28.3 Å². The van der Waals surface area contributed by atoms with E-state index in [1.54, 1.807) is 18.2 Å². The molecule has 10 heteroatoms. The van der Waals surface area contributed by atoms with E-state index in [1.807, 2.05) is 0 Å². The predicted octanol–water partition coefficient (Wildman–Crippen LogP) is 1.93. The highest BCUT2D eigenvalue weighted by Crippen LogP contribution is 2.30. The summed E-state index contributed by atoms with van der Waals surface area (Å²) in [5, 5.41) is 12.5. The number of hydrogen-bond donors (Lipinski definition) is 2. The number of carboxylic acids is 1. The maximum absolute atomic E-state index is 14.7. The van der Waals surface area contributed by atoms with Gasteiger partial charge >= 0.3 is 12.0 Å². The van der Waals surface area contributed by atoms with Crippen LogP contribution in [0.25, 0.3) is 11.1 Å². The van der Waals surface area contributed by atoms with Gasteiger partial charge in [-0.3, -0.25) is 9.36 Å². The number of carbonyl (C=O) groups excluding carboxylic acids is 1. The highest BCUT2D eigenvalue weighted by Gasteiger charge is 2.44. The minimum absolute atomic E-state index is 0.0377. The topological polar surface area (TPSA) is 109 Å². The molecule has 1 saturated heterocycles. The van der Waals surface area contributed by atoms with Crippen molar-refractivity contribution in [2.45, 2.75) is 24.6 Å². The molecule has 1 aromatic carbocycles. The van der Waals surface area contributed by atoms with Gasteiger partial charge < -0.3 is 15.3 Å². The van der Waals surface area contributed by atoms with E-state index in [1.165, 1.54) is 21.7 Å². The lowest BCUT2D eigenvalue weighted by Gasteiger charge is -2.25. The monoisotopic (exact) mass is 473 g/mol. The second kappa shape index (κ2) is 8.32. The van der Waals surface area contributed by atoms with Gasteiger partial charge in [-0.15, -0.1) is 0 Å². The molecule has 1 fully saturated rings. The van der Waals surface area contributed by atoms with Gasteiger partial charge in [0.05, 0.1) is 6.54 Å².